The van der Waals surface area contributed by atoms with Gasteiger partial charge in [0.05, 0.1) is 6.04 Å². The quantitative estimate of drug-likeness (QED) is 0.864. The third-order valence-corrected chi connectivity index (χ3v) is 5.64. The maximum Gasteiger partial charge on any atom is 0.216 e. The van der Waals surface area contributed by atoms with E-state index in [1.54, 1.807) is 11.8 Å². The van der Waals surface area contributed by atoms with Gasteiger partial charge in [0.25, 0.3) is 0 Å². The van der Waals surface area contributed by atoms with Crippen molar-refractivity contribution in [2.75, 3.05) is 0 Å². The Hall–Kier alpha value is -1.02. The van der Waals surface area contributed by atoms with Gasteiger partial charge in [-0.2, -0.15) is 4.37 Å². The standard InChI is InChI=1S/C12H16N6S2/c1-2-4-9(5-3-1)18-11(14-16-17-18)19-12-13-10(15-20-12)8-6-7-8/h8-9H,1-7H2. The molecular weight excluding hydrogens is 292 g/mol. The molecule has 6 nitrogen and oxygen atoms in total. The predicted octanol–water partition coefficient (Wildman–Crippen LogP) is 3.06. The average Bonchev–Trinajstić information content (AvgIpc) is 3.06. The molecule has 0 amide bonds. The van der Waals surface area contributed by atoms with Crippen LogP contribution in [0, 0.1) is 0 Å². The Bertz CT molecular complexity index is 584. The molecule has 8 heteroatoms. The summed E-state index contributed by atoms with van der Waals surface area (Å²) in [6.45, 7) is 0. The van der Waals surface area contributed by atoms with E-state index in [0.29, 0.717) is 12.0 Å². The van der Waals surface area contributed by atoms with Crippen molar-refractivity contribution in [3.05, 3.63) is 5.82 Å². The molecular formula is C12H16N6S2. The largest absolute Gasteiger partial charge is 0.217 e. The highest BCUT2D eigenvalue weighted by Gasteiger charge is 2.28. The van der Waals surface area contributed by atoms with Crippen molar-refractivity contribution < 1.29 is 0 Å². The Morgan fingerprint density at radius 1 is 1.10 bits per heavy atom. The van der Waals surface area contributed by atoms with Gasteiger partial charge in [-0.25, -0.2) is 9.67 Å². The molecule has 4 rings (SSSR count). The lowest BCUT2D eigenvalue weighted by molar-refractivity contribution is 0.307. The van der Waals surface area contributed by atoms with Crippen LogP contribution in [0.25, 0.3) is 0 Å². The van der Waals surface area contributed by atoms with E-state index in [0.717, 1.165) is 15.3 Å². The molecule has 2 heterocycles. The summed E-state index contributed by atoms with van der Waals surface area (Å²) in [5.74, 6) is 1.61. The van der Waals surface area contributed by atoms with E-state index in [1.807, 2.05) is 4.68 Å². The molecule has 2 saturated carbocycles. The minimum atomic E-state index is 0.456. The number of hydrogen-bond donors (Lipinski definition) is 0. The maximum atomic E-state index is 4.59. The van der Waals surface area contributed by atoms with E-state index in [9.17, 15) is 0 Å². The molecule has 0 N–H and O–H groups in total. The fourth-order valence-corrected chi connectivity index (χ4v) is 4.29. The summed E-state index contributed by atoms with van der Waals surface area (Å²) >= 11 is 3.02. The molecule has 2 fully saturated rings. The lowest BCUT2D eigenvalue weighted by atomic mass is 9.96. The number of aromatic nitrogens is 6. The lowest BCUT2D eigenvalue weighted by Crippen LogP contribution is -2.15. The van der Waals surface area contributed by atoms with Gasteiger partial charge in [0.2, 0.25) is 5.16 Å². The van der Waals surface area contributed by atoms with Crippen LogP contribution in [0.15, 0.2) is 9.50 Å². The van der Waals surface area contributed by atoms with Crippen molar-refractivity contribution in [2.45, 2.75) is 66.4 Å². The molecule has 0 unspecified atom stereocenters. The summed E-state index contributed by atoms with van der Waals surface area (Å²) in [5.41, 5.74) is 0. The van der Waals surface area contributed by atoms with Gasteiger partial charge in [0.1, 0.15) is 5.82 Å². The maximum absolute atomic E-state index is 4.59. The second-order valence-corrected chi connectivity index (χ2v) is 7.46. The van der Waals surface area contributed by atoms with Crippen molar-refractivity contribution in [3.63, 3.8) is 0 Å². The molecule has 0 bridgehead atoms. The van der Waals surface area contributed by atoms with Gasteiger partial charge in [-0.05, 0) is 59.4 Å². The summed E-state index contributed by atoms with van der Waals surface area (Å²) in [6, 6.07) is 0.456. The van der Waals surface area contributed by atoms with Crippen LogP contribution in [0.3, 0.4) is 0 Å². The number of rotatable bonds is 4. The molecule has 0 spiro atoms. The van der Waals surface area contributed by atoms with Crippen molar-refractivity contribution in [1.29, 1.82) is 0 Å². The van der Waals surface area contributed by atoms with E-state index in [1.165, 1.54) is 56.5 Å². The summed E-state index contributed by atoms with van der Waals surface area (Å²) in [6.07, 6.45) is 8.73. The zero-order chi connectivity index (χ0) is 13.4. The summed E-state index contributed by atoms with van der Waals surface area (Å²) in [4.78, 5) is 4.59. The second-order valence-electron chi connectivity index (χ2n) is 5.49. The van der Waals surface area contributed by atoms with E-state index in [2.05, 4.69) is 24.9 Å². The third kappa shape index (κ3) is 2.58. The Kier molecular flexibility index (Phi) is 3.43. The fraction of sp³-hybridized carbons (Fsp3) is 0.750. The van der Waals surface area contributed by atoms with Crippen molar-refractivity contribution >= 4 is 23.3 Å². The van der Waals surface area contributed by atoms with Crippen LogP contribution in [0.2, 0.25) is 0 Å². The SMILES string of the molecule is C1CCC(n2nnnc2Sc2nc(C3CC3)ns2)CC1. The van der Waals surface area contributed by atoms with Gasteiger partial charge in [0.15, 0.2) is 4.34 Å². The van der Waals surface area contributed by atoms with E-state index in [-0.39, 0.29) is 0 Å². The van der Waals surface area contributed by atoms with Crippen molar-refractivity contribution in [3.8, 4) is 0 Å². The molecule has 2 aromatic rings. The van der Waals surface area contributed by atoms with Crippen LogP contribution in [-0.4, -0.2) is 29.6 Å². The minimum absolute atomic E-state index is 0.456. The van der Waals surface area contributed by atoms with Gasteiger partial charge < -0.3 is 0 Å². The monoisotopic (exact) mass is 308 g/mol. The van der Waals surface area contributed by atoms with Crippen molar-refractivity contribution in [1.82, 2.24) is 29.6 Å². The molecule has 2 aromatic heterocycles. The Morgan fingerprint density at radius 3 is 2.75 bits per heavy atom. The number of nitrogens with zero attached hydrogens (tertiary/aromatic N) is 6. The Morgan fingerprint density at radius 2 is 1.95 bits per heavy atom. The van der Waals surface area contributed by atoms with Crippen LogP contribution in [-0.2, 0) is 0 Å². The first-order valence-corrected chi connectivity index (χ1v) is 8.78. The summed E-state index contributed by atoms with van der Waals surface area (Å²) in [7, 11) is 0. The highest BCUT2D eigenvalue weighted by atomic mass is 32.2. The molecule has 106 valence electrons. The van der Waals surface area contributed by atoms with Crippen molar-refractivity contribution in [2.24, 2.45) is 0 Å². The van der Waals surface area contributed by atoms with Gasteiger partial charge in [-0.3, -0.25) is 0 Å². The molecule has 20 heavy (non-hydrogen) atoms. The first kappa shape index (κ1) is 12.7. The van der Waals surface area contributed by atoms with Gasteiger partial charge in [-0.1, -0.05) is 19.3 Å². The minimum Gasteiger partial charge on any atom is -0.217 e. The van der Waals surface area contributed by atoms with Gasteiger partial charge >= 0.3 is 0 Å². The zero-order valence-electron chi connectivity index (χ0n) is 11.1. The number of hydrogen-bond acceptors (Lipinski definition) is 7. The number of tetrazole rings is 1. The van der Waals surface area contributed by atoms with Crippen LogP contribution in [0.4, 0.5) is 0 Å². The summed E-state index contributed by atoms with van der Waals surface area (Å²) in [5, 5.41) is 13.0. The van der Waals surface area contributed by atoms with Gasteiger partial charge in [-0.15, -0.1) is 5.10 Å². The molecule has 0 saturated heterocycles. The van der Waals surface area contributed by atoms with Gasteiger partial charge in [0, 0.05) is 5.92 Å². The van der Waals surface area contributed by atoms with E-state index >= 15 is 0 Å². The highest BCUT2D eigenvalue weighted by molar-refractivity contribution is 8.00. The average molecular weight is 308 g/mol. The molecule has 0 atom stereocenters. The van der Waals surface area contributed by atoms with Crippen LogP contribution >= 0.6 is 23.3 Å². The predicted molar refractivity (Wildman–Crippen MR) is 75.9 cm³/mol. The lowest BCUT2D eigenvalue weighted by Gasteiger charge is -2.21. The zero-order valence-corrected chi connectivity index (χ0v) is 12.7. The van der Waals surface area contributed by atoms with E-state index < -0.39 is 0 Å². The summed E-state index contributed by atoms with van der Waals surface area (Å²) < 4.78 is 7.38. The third-order valence-electron chi connectivity index (χ3n) is 3.93. The first-order valence-electron chi connectivity index (χ1n) is 7.19. The van der Waals surface area contributed by atoms with E-state index in [4.69, 9.17) is 0 Å². The molecule has 0 aliphatic heterocycles. The van der Waals surface area contributed by atoms with Crippen LogP contribution in [0.1, 0.15) is 62.7 Å². The molecule has 0 radical (unpaired) electrons. The molecule has 0 aromatic carbocycles. The highest BCUT2D eigenvalue weighted by Crippen LogP contribution is 2.40. The molecule has 2 aliphatic carbocycles. The second kappa shape index (κ2) is 5.40. The Labute approximate surface area is 125 Å². The Balaban J connectivity index is 1.51. The first-order chi connectivity index (χ1) is 9.90. The van der Waals surface area contributed by atoms with Crippen LogP contribution in [0.5, 0.6) is 0 Å². The topological polar surface area (TPSA) is 69.4 Å². The normalized spacial score (nSPS) is 20.4. The molecule has 2 aliphatic rings. The smallest absolute Gasteiger partial charge is 0.216 e. The fourth-order valence-electron chi connectivity index (χ4n) is 2.65. The van der Waals surface area contributed by atoms with Crippen LogP contribution < -0.4 is 0 Å².